The Hall–Kier alpha value is -1.62. The summed E-state index contributed by atoms with van der Waals surface area (Å²) in [5.74, 6) is -0.397. The molecule has 0 aliphatic heterocycles. The molecule has 0 saturated heterocycles. The number of ether oxygens (including phenoxy) is 1. The summed E-state index contributed by atoms with van der Waals surface area (Å²) >= 11 is 3.35. The van der Waals surface area contributed by atoms with Gasteiger partial charge in [0, 0.05) is 29.8 Å². The largest absolute Gasteiger partial charge is 0.409 e. The van der Waals surface area contributed by atoms with Gasteiger partial charge >= 0.3 is 5.97 Å². The Kier molecular flexibility index (Phi) is 3.02. The second kappa shape index (κ2) is 4.33. The van der Waals surface area contributed by atoms with Crippen LogP contribution in [0.15, 0.2) is 28.7 Å². The highest BCUT2D eigenvalue weighted by Gasteiger charge is 2.14. The van der Waals surface area contributed by atoms with Gasteiger partial charge in [-0.3, -0.25) is 14.2 Å². The number of carbonyl (C=O) groups excluding carboxylic acids is 2. The van der Waals surface area contributed by atoms with Crippen LogP contribution in [0.25, 0.3) is 10.9 Å². The molecule has 0 atom stereocenters. The zero-order chi connectivity index (χ0) is 12.6. The lowest BCUT2D eigenvalue weighted by Gasteiger charge is -2.05. The third kappa shape index (κ3) is 2.24. The van der Waals surface area contributed by atoms with Crippen molar-refractivity contribution in [3.63, 3.8) is 0 Å². The highest BCUT2D eigenvalue weighted by Crippen LogP contribution is 2.28. The van der Waals surface area contributed by atoms with E-state index in [2.05, 4.69) is 15.9 Å². The number of carbonyl (C=O) groups is 2. The van der Waals surface area contributed by atoms with Crippen molar-refractivity contribution >= 4 is 38.7 Å². The lowest BCUT2D eigenvalue weighted by molar-refractivity contribution is -0.132. The monoisotopic (exact) mass is 295 g/mol. The van der Waals surface area contributed by atoms with E-state index in [1.165, 1.54) is 18.4 Å². The molecule has 1 aromatic heterocycles. The molecule has 1 aromatic carbocycles. The number of hydrogen-bond donors (Lipinski definition) is 0. The van der Waals surface area contributed by atoms with Gasteiger partial charge in [0.2, 0.25) is 11.8 Å². The van der Waals surface area contributed by atoms with Gasteiger partial charge in [-0.15, -0.1) is 0 Å². The zero-order valence-electron chi connectivity index (χ0n) is 9.36. The van der Waals surface area contributed by atoms with E-state index in [0.717, 1.165) is 15.4 Å². The molecule has 0 unspecified atom stereocenters. The maximum atomic E-state index is 11.6. The summed E-state index contributed by atoms with van der Waals surface area (Å²) < 4.78 is 7.30. The molecule has 2 rings (SSSR count). The zero-order valence-corrected chi connectivity index (χ0v) is 10.9. The molecule has 4 nitrogen and oxygen atoms in total. The van der Waals surface area contributed by atoms with E-state index in [4.69, 9.17) is 4.74 Å². The molecule has 5 heteroatoms. The molecule has 0 N–H and O–H groups in total. The van der Waals surface area contributed by atoms with Crippen LogP contribution in [0.4, 0.5) is 0 Å². The summed E-state index contributed by atoms with van der Waals surface area (Å²) in [4.78, 5) is 22.5. The molecule has 0 fully saturated rings. The molecular formula is C12H10BrNO3. The normalized spacial score (nSPS) is 10.5. The summed E-state index contributed by atoms with van der Waals surface area (Å²) in [6.07, 6.45) is 0. The van der Waals surface area contributed by atoms with Crippen LogP contribution in [0, 0.1) is 0 Å². The highest BCUT2D eigenvalue weighted by molar-refractivity contribution is 9.10. The number of nitrogens with zero attached hydrogens (tertiary/aromatic N) is 1. The number of hydrogen-bond acceptors (Lipinski definition) is 3. The molecule has 2 aromatic rings. The average molecular weight is 296 g/mol. The van der Waals surface area contributed by atoms with Crippen LogP contribution in [0.2, 0.25) is 0 Å². The van der Waals surface area contributed by atoms with Crippen molar-refractivity contribution in [1.29, 1.82) is 0 Å². The quantitative estimate of drug-likeness (QED) is 0.760. The molecule has 88 valence electrons. The summed E-state index contributed by atoms with van der Waals surface area (Å²) in [6, 6.07) is 7.16. The highest BCUT2D eigenvalue weighted by atomic mass is 79.9. The predicted molar refractivity (Wildman–Crippen MR) is 67.2 cm³/mol. The van der Waals surface area contributed by atoms with E-state index in [9.17, 15) is 9.59 Å². The molecule has 0 aliphatic rings. The van der Waals surface area contributed by atoms with Crippen LogP contribution in [0.1, 0.15) is 18.6 Å². The number of benzene rings is 1. The van der Waals surface area contributed by atoms with E-state index in [1.807, 2.05) is 12.1 Å². The predicted octanol–water partition coefficient (Wildman–Crippen LogP) is 2.99. The molecule has 0 spiro atoms. The van der Waals surface area contributed by atoms with Crippen LogP contribution in [0.5, 0.6) is 5.88 Å². The van der Waals surface area contributed by atoms with Gasteiger partial charge in [0.1, 0.15) is 0 Å². The Bertz CT molecular complexity index is 615. The lowest BCUT2D eigenvalue weighted by Crippen LogP contribution is -2.11. The molecule has 0 aliphatic carbocycles. The fraction of sp³-hybridized carbons (Fsp3) is 0.167. The summed E-state index contributed by atoms with van der Waals surface area (Å²) in [5, 5.41) is 0.839. The van der Waals surface area contributed by atoms with Crippen molar-refractivity contribution in [2.24, 2.45) is 0 Å². The first-order valence-corrected chi connectivity index (χ1v) is 5.78. The Morgan fingerprint density at radius 1 is 1.24 bits per heavy atom. The fourth-order valence-corrected chi connectivity index (χ4v) is 2.09. The minimum atomic E-state index is -0.450. The third-order valence-corrected chi connectivity index (χ3v) is 2.79. The second-order valence-corrected chi connectivity index (χ2v) is 4.55. The second-order valence-electron chi connectivity index (χ2n) is 3.63. The molecule has 0 radical (unpaired) electrons. The van der Waals surface area contributed by atoms with Gasteiger partial charge < -0.3 is 4.74 Å². The van der Waals surface area contributed by atoms with E-state index < -0.39 is 5.97 Å². The Morgan fingerprint density at radius 2 is 1.94 bits per heavy atom. The summed E-state index contributed by atoms with van der Waals surface area (Å²) in [6.45, 7) is 2.73. The van der Waals surface area contributed by atoms with Gasteiger partial charge in [0.15, 0.2) is 0 Å². The van der Waals surface area contributed by atoms with Gasteiger partial charge in [-0.1, -0.05) is 15.9 Å². The van der Waals surface area contributed by atoms with Gasteiger partial charge in [-0.2, -0.15) is 0 Å². The van der Waals surface area contributed by atoms with Crippen molar-refractivity contribution in [1.82, 2.24) is 4.57 Å². The molecular weight excluding hydrogens is 286 g/mol. The van der Waals surface area contributed by atoms with E-state index in [0.29, 0.717) is 0 Å². The van der Waals surface area contributed by atoms with Crippen molar-refractivity contribution in [3.05, 3.63) is 28.7 Å². The average Bonchev–Trinajstić information content (AvgIpc) is 2.53. The van der Waals surface area contributed by atoms with Crippen molar-refractivity contribution in [3.8, 4) is 5.88 Å². The van der Waals surface area contributed by atoms with Gasteiger partial charge in [0.25, 0.3) is 0 Å². The first kappa shape index (κ1) is 11.9. The standard InChI is InChI=1S/C12H10BrNO3/c1-7(15)14-11-4-3-10(13)5-9(11)6-12(14)17-8(2)16/h3-6H,1-2H3. The summed E-state index contributed by atoms with van der Waals surface area (Å²) in [7, 11) is 0. The first-order chi connectivity index (χ1) is 7.99. The topological polar surface area (TPSA) is 48.3 Å². The Balaban J connectivity index is 2.70. The molecule has 0 bridgehead atoms. The van der Waals surface area contributed by atoms with Gasteiger partial charge in [-0.05, 0) is 18.2 Å². The molecule has 0 amide bonds. The van der Waals surface area contributed by atoms with Crippen LogP contribution in [0.3, 0.4) is 0 Å². The number of aromatic nitrogens is 1. The van der Waals surface area contributed by atoms with E-state index >= 15 is 0 Å². The molecule has 17 heavy (non-hydrogen) atoms. The van der Waals surface area contributed by atoms with Crippen LogP contribution < -0.4 is 4.74 Å². The lowest BCUT2D eigenvalue weighted by atomic mass is 10.2. The molecule has 0 saturated carbocycles. The Labute approximate surface area is 106 Å². The van der Waals surface area contributed by atoms with Crippen LogP contribution in [-0.2, 0) is 4.79 Å². The summed E-state index contributed by atoms with van der Waals surface area (Å²) in [5.41, 5.74) is 0.719. The minimum Gasteiger partial charge on any atom is -0.409 e. The SMILES string of the molecule is CC(=O)Oc1cc2cc(Br)ccc2n1C(C)=O. The smallest absolute Gasteiger partial charge is 0.309 e. The van der Waals surface area contributed by atoms with Crippen molar-refractivity contribution in [2.45, 2.75) is 13.8 Å². The number of esters is 1. The minimum absolute atomic E-state index is 0.196. The number of rotatable bonds is 1. The first-order valence-electron chi connectivity index (χ1n) is 4.99. The van der Waals surface area contributed by atoms with Gasteiger partial charge in [0.05, 0.1) is 5.52 Å². The maximum Gasteiger partial charge on any atom is 0.309 e. The van der Waals surface area contributed by atoms with Crippen LogP contribution in [-0.4, -0.2) is 16.4 Å². The van der Waals surface area contributed by atoms with E-state index in [1.54, 1.807) is 12.1 Å². The van der Waals surface area contributed by atoms with Gasteiger partial charge in [-0.25, -0.2) is 0 Å². The van der Waals surface area contributed by atoms with Crippen molar-refractivity contribution < 1.29 is 14.3 Å². The van der Waals surface area contributed by atoms with Crippen LogP contribution >= 0.6 is 15.9 Å². The number of fused-ring (bicyclic) bond motifs is 1. The van der Waals surface area contributed by atoms with E-state index in [-0.39, 0.29) is 11.8 Å². The van der Waals surface area contributed by atoms with Crippen molar-refractivity contribution in [2.75, 3.05) is 0 Å². The third-order valence-electron chi connectivity index (χ3n) is 2.29. The maximum absolute atomic E-state index is 11.6. The Morgan fingerprint density at radius 3 is 2.53 bits per heavy atom. The fourth-order valence-electron chi connectivity index (χ4n) is 1.71. The molecule has 1 heterocycles. The number of halogens is 1.